The fourth-order valence-corrected chi connectivity index (χ4v) is 2.91. The third-order valence-corrected chi connectivity index (χ3v) is 4.46. The molecule has 1 aliphatic heterocycles. The second kappa shape index (κ2) is 8.39. The topological polar surface area (TPSA) is 84.0 Å². The Morgan fingerprint density at radius 2 is 1.89 bits per heavy atom. The van der Waals surface area contributed by atoms with Crippen LogP contribution in [0.2, 0.25) is 0 Å². The van der Waals surface area contributed by atoms with Crippen molar-refractivity contribution >= 4 is 23.7 Å². The number of amides is 2. The Morgan fingerprint density at radius 3 is 2.56 bits per heavy atom. The summed E-state index contributed by atoms with van der Waals surface area (Å²) in [4.78, 5) is 31.5. The van der Waals surface area contributed by atoms with Gasteiger partial charge in [-0.05, 0) is 24.3 Å². The molecule has 0 unspecified atom stereocenters. The van der Waals surface area contributed by atoms with Crippen molar-refractivity contribution in [2.75, 3.05) is 50.6 Å². The van der Waals surface area contributed by atoms with E-state index in [1.807, 2.05) is 6.07 Å². The first-order chi connectivity index (χ1) is 13.1. The number of anilines is 2. The molecule has 2 heterocycles. The summed E-state index contributed by atoms with van der Waals surface area (Å²) in [6.07, 6.45) is 2.48. The predicted octanol–water partition coefficient (Wildman–Crippen LogP) is 1.63. The van der Waals surface area contributed by atoms with E-state index in [4.69, 9.17) is 9.47 Å². The molecule has 0 aliphatic carbocycles. The first-order valence-corrected chi connectivity index (χ1v) is 8.58. The van der Waals surface area contributed by atoms with Crippen molar-refractivity contribution in [2.45, 2.75) is 0 Å². The summed E-state index contributed by atoms with van der Waals surface area (Å²) in [5, 5.41) is 2.82. The molecule has 0 atom stereocenters. The lowest BCUT2D eigenvalue weighted by Crippen LogP contribution is -2.45. The average molecular weight is 370 g/mol. The molecule has 3 rings (SSSR count). The van der Waals surface area contributed by atoms with Gasteiger partial charge in [-0.3, -0.25) is 14.6 Å². The molecule has 1 aromatic heterocycles. The molecule has 0 bridgehead atoms. The molecule has 1 N–H and O–H groups in total. The number of methoxy groups -OCH3 is 2. The quantitative estimate of drug-likeness (QED) is 0.778. The van der Waals surface area contributed by atoms with E-state index in [0.29, 0.717) is 36.0 Å². The Morgan fingerprint density at radius 1 is 1.11 bits per heavy atom. The molecule has 142 valence electrons. The Labute approximate surface area is 157 Å². The Hall–Kier alpha value is -3.29. The van der Waals surface area contributed by atoms with Crippen molar-refractivity contribution in [1.29, 1.82) is 0 Å². The SMILES string of the molecule is COc1ccc(NC(=O)c2cc(N3CCN(C=O)CC3)ccn2)c(OC)c1. The summed E-state index contributed by atoms with van der Waals surface area (Å²) in [6, 6.07) is 8.78. The van der Waals surface area contributed by atoms with Crippen LogP contribution in [-0.2, 0) is 4.79 Å². The standard InChI is InChI=1S/C19H22N4O4/c1-26-15-3-4-16(18(12-15)27-2)21-19(25)17-11-14(5-6-20-17)23-9-7-22(13-24)8-10-23/h3-6,11-13H,7-10H2,1-2H3,(H,21,25). The zero-order valence-corrected chi connectivity index (χ0v) is 15.3. The summed E-state index contributed by atoms with van der Waals surface area (Å²) in [5.74, 6) is 0.815. The smallest absolute Gasteiger partial charge is 0.274 e. The second-order valence-electron chi connectivity index (χ2n) is 6.05. The molecule has 27 heavy (non-hydrogen) atoms. The number of nitrogens with zero attached hydrogens (tertiary/aromatic N) is 3. The minimum atomic E-state index is -0.327. The highest BCUT2D eigenvalue weighted by molar-refractivity contribution is 6.04. The van der Waals surface area contributed by atoms with Crippen LogP contribution in [0.1, 0.15) is 10.5 Å². The van der Waals surface area contributed by atoms with E-state index < -0.39 is 0 Å². The Balaban J connectivity index is 1.73. The number of aromatic nitrogens is 1. The van der Waals surface area contributed by atoms with Gasteiger partial charge in [0.25, 0.3) is 5.91 Å². The van der Waals surface area contributed by atoms with Crippen molar-refractivity contribution in [3.05, 3.63) is 42.2 Å². The maximum Gasteiger partial charge on any atom is 0.274 e. The second-order valence-corrected chi connectivity index (χ2v) is 6.05. The number of benzene rings is 1. The average Bonchev–Trinajstić information content (AvgIpc) is 2.74. The minimum Gasteiger partial charge on any atom is -0.497 e. The molecule has 0 saturated carbocycles. The van der Waals surface area contributed by atoms with Gasteiger partial charge in [-0.25, -0.2) is 0 Å². The Kier molecular flexibility index (Phi) is 5.75. The van der Waals surface area contributed by atoms with Crippen LogP contribution in [0.3, 0.4) is 0 Å². The number of hydrogen-bond acceptors (Lipinski definition) is 6. The van der Waals surface area contributed by atoms with E-state index in [-0.39, 0.29) is 5.91 Å². The molecule has 2 aromatic rings. The van der Waals surface area contributed by atoms with Crippen molar-refractivity contribution < 1.29 is 19.1 Å². The number of piperazine rings is 1. The van der Waals surface area contributed by atoms with Crippen LogP contribution in [0.15, 0.2) is 36.5 Å². The number of carbonyl (C=O) groups is 2. The van der Waals surface area contributed by atoms with Crippen LogP contribution in [0, 0.1) is 0 Å². The Bertz CT molecular complexity index is 819. The zero-order valence-electron chi connectivity index (χ0n) is 15.3. The first kappa shape index (κ1) is 18.5. The van der Waals surface area contributed by atoms with Crippen LogP contribution >= 0.6 is 0 Å². The van der Waals surface area contributed by atoms with Crippen LogP contribution in [-0.4, -0.2) is 62.6 Å². The molecular weight excluding hydrogens is 348 g/mol. The molecule has 1 saturated heterocycles. The van der Waals surface area contributed by atoms with Crippen molar-refractivity contribution in [2.24, 2.45) is 0 Å². The van der Waals surface area contributed by atoms with E-state index in [0.717, 1.165) is 25.2 Å². The first-order valence-electron chi connectivity index (χ1n) is 8.58. The van der Waals surface area contributed by atoms with Gasteiger partial charge in [0.15, 0.2) is 0 Å². The molecule has 1 fully saturated rings. The summed E-state index contributed by atoms with van der Waals surface area (Å²) >= 11 is 0. The molecule has 8 heteroatoms. The fourth-order valence-electron chi connectivity index (χ4n) is 2.91. The maximum absolute atomic E-state index is 12.6. The largest absolute Gasteiger partial charge is 0.497 e. The third-order valence-electron chi connectivity index (χ3n) is 4.46. The number of rotatable bonds is 6. The monoisotopic (exact) mass is 370 g/mol. The van der Waals surface area contributed by atoms with E-state index in [1.54, 1.807) is 42.5 Å². The summed E-state index contributed by atoms with van der Waals surface area (Å²) in [5.41, 5.74) is 1.75. The lowest BCUT2D eigenvalue weighted by molar-refractivity contribution is -0.118. The van der Waals surface area contributed by atoms with E-state index in [9.17, 15) is 9.59 Å². The predicted molar refractivity (Wildman–Crippen MR) is 102 cm³/mol. The van der Waals surface area contributed by atoms with Crippen LogP contribution < -0.4 is 19.7 Å². The van der Waals surface area contributed by atoms with Crippen LogP contribution in [0.25, 0.3) is 0 Å². The molecule has 8 nitrogen and oxygen atoms in total. The molecule has 0 radical (unpaired) electrons. The van der Waals surface area contributed by atoms with Gasteiger partial charge < -0.3 is 24.6 Å². The van der Waals surface area contributed by atoms with E-state index in [2.05, 4.69) is 15.2 Å². The van der Waals surface area contributed by atoms with Crippen molar-refractivity contribution in [3.63, 3.8) is 0 Å². The van der Waals surface area contributed by atoms with Gasteiger partial charge in [0.05, 0.1) is 19.9 Å². The van der Waals surface area contributed by atoms with Gasteiger partial charge in [0.2, 0.25) is 6.41 Å². The highest BCUT2D eigenvalue weighted by Gasteiger charge is 2.18. The van der Waals surface area contributed by atoms with Gasteiger partial charge in [-0.15, -0.1) is 0 Å². The van der Waals surface area contributed by atoms with Gasteiger partial charge in [0.1, 0.15) is 17.2 Å². The number of hydrogen-bond donors (Lipinski definition) is 1. The van der Waals surface area contributed by atoms with Crippen molar-refractivity contribution in [1.82, 2.24) is 9.88 Å². The normalized spacial score (nSPS) is 13.9. The minimum absolute atomic E-state index is 0.309. The summed E-state index contributed by atoms with van der Waals surface area (Å²) in [7, 11) is 3.10. The molecule has 1 aromatic carbocycles. The van der Waals surface area contributed by atoms with Crippen molar-refractivity contribution in [3.8, 4) is 11.5 Å². The number of nitrogens with one attached hydrogen (secondary N) is 1. The van der Waals surface area contributed by atoms with Gasteiger partial charge in [0, 0.05) is 44.1 Å². The van der Waals surface area contributed by atoms with Gasteiger partial charge in [-0.1, -0.05) is 0 Å². The molecule has 2 amide bonds. The maximum atomic E-state index is 12.6. The lowest BCUT2D eigenvalue weighted by atomic mass is 10.2. The fraction of sp³-hybridized carbons (Fsp3) is 0.316. The van der Waals surface area contributed by atoms with E-state index in [1.165, 1.54) is 7.11 Å². The number of pyridine rings is 1. The number of ether oxygens (including phenoxy) is 2. The number of carbonyl (C=O) groups excluding carboxylic acids is 2. The lowest BCUT2D eigenvalue weighted by Gasteiger charge is -2.34. The van der Waals surface area contributed by atoms with Gasteiger partial charge in [-0.2, -0.15) is 0 Å². The van der Waals surface area contributed by atoms with Crippen LogP contribution in [0.5, 0.6) is 11.5 Å². The summed E-state index contributed by atoms with van der Waals surface area (Å²) in [6.45, 7) is 2.76. The van der Waals surface area contributed by atoms with Crippen LogP contribution in [0.4, 0.5) is 11.4 Å². The zero-order chi connectivity index (χ0) is 19.2. The third kappa shape index (κ3) is 4.28. The molecular formula is C19H22N4O4. The molecule has 1 aliphatic rings. The highest BCUT2D eigenvalue weighted by Crippen LogP contribution is 2.29. The van der Waals surface area contributed by atoms with E-state index >= 15 is 0 Å². The summed E-state index contributed by atoms with van der Waals surface area (Å²) < 4.78 is 10.5. The molecule has 0 spiro atoms. The van der Waals surface area contributed by atoms with Gasteiger partial charge >= 0.3 is 0 Å². The highest BCUT2D eigenvalue weighted by atomic mass is 16.5.